The highest BCUT2D eigenvalue weighted by molar-refractivity contribution is 6.00. The number of aliphatic carboxylic acids is 2. The molecule has 0 aromatic carbocycles. The average Bonchev–Trinajstić information content (AvgIpc) is 1.60. The number of amides is 14. The van der Waals surface area contributed by atoms with Crippen LogP contribution in [0.1, 0.15) is 111 Å². The van der Waals surface area contributed by atoms with Crippen molar-refractivity contribution in [3.8, 4) is 0 Å². The predicted octanol–water partition coefficient (Wildman–Crippen LogP) is -12.5. The van der Waals surface area contributed by atoms with Crippen molar-refractivity contribution in [1.82, 2.24) is 68.7 Å². The molecule has 0 unspecified atom stereocenters. The van der Waals surface area contributed by atoms with E-state index in [-0.39, 0.29) is 76.9 Å². The lowest BCUT2D eigenvalue weighted by Gasteiger charge is -2.31. The van der Waals surface area contributed by atoms with Gasteiger partial charge in [-0.05, 0) is 90.5 Å². The summed E-state index contributed by atoms with van der Waals surface area (Å²) in [6.45, 7) is 1.32. The SMILES string of the molecule is CC(C)C[C@H](NC(=O)[C@H](CO)NC(=O)[C@@H]1CCCN1C(=O)[C@H](CC(N)=O)NC(=O)[C@H](CCCCN)NC(=O)[C@H](CCC(=O)O)NC(=O)[C@H](CCC(N)=O)NC(=O)[C@H](CCCNC(=N)N)NC(=O)CNC(=O)[C@H](CO)NC(=O)[C@@H](N)[C@@H](C)O)C(=O)N[C@@H](CO)C(=O)N[C@H](C(=O)O)[C@@H](C)O. The van der Waals surface area contributed by atoms with Gasteiger partial charge >= 0.3 is 11.9 Å². The molecular formula is C56H97N19O23. The zero-order chi connectivity index (χ0) is 74.7. The van der Waals surface area contributed by atoms with E-state index in [1.54, 1.807) is 13.8 Å². The van der Waals surface area contributed by atoms with Crippen LogP contribution in [-0.2, 0) is 76.7 Å². The number of hydrogen-bond donors (Lipinski definition) is 25. The molecule has 14 amide bonds. The van der Waals surface area contributed by atoms with Gasteiger partial charge in [-0.3, -0.25) is 77.3 Å². The van der Waals surface area contributed by atoms with Gasteiger partial charge in [0.2, 0.25) is 82.7 Å². The van der Waals surface area contributed by atoms with Crippen molar-refractivity contribution >= 4 is 101 Å². The largest absolute Gasteiger partial charge is 0.481 e. The van der Waals surface area contributed by atoms with Crippen molar-refractivity contribution < 1.29 is 112 Å². The topological polar surface area (TPSA) is 716 Å². The lowest BCUT2D eigenvalue weighted by atomic mass is 10.0. The number of likely N-dealkylation sites (tertiary alicyclic amines) is 1. The molecule has 0 spiro atoms. The van der Waals surface area contributed by atoms with Gasteiger partial charge in [-0.1, -0.05) is 13.8 Å². The molecule has 554 valence electrons. The summed E-state index contributed by atoms with van der Waals surface area (Å²) in [6.07, 6.45) is -6.93. The summed E-state index contributed by atoms with van der Waals surface area (Å²) < 4.78 is 0. The van der Waals surface area contributed by atoms with Gasteiger partial charge < -0.3 is 133 Å². The Balaban J connectivity index is 3.55. The van der Waals surface area contributed by atoms with Crippen molar-refractivity contribution in [3.63, 3.8) is 0 Å². The third kappa shape index (κ3) is 31.6. The van der Waals surface area contributed by atoms with E-state index < -0.39 is 244 Å². The number of aliphatic hydroxyl groups excluding tert-OH is 5. The van der Waals surface area contributed by atoms with Gasteiger partial charge in [0.05, 0.1) is 45.0 Å². The van der Waals surface area contributed by atoms with E-state index in [9.17, 15) is 112 Å². The number of carbonyl (C=O) groups is 16. The van der Waals surface area contributed by atoms with Crippen molar-refractivity contribution in [1.29, 1.82) is 5.41 Å². The van der Waals surface area contributed by atoms with E-state index in [1.165, 1.54) is 6.92 Å². The van der Waals surface area contributed by atoms with E-state index in [0.29, 0.717) is 0 Å². The molecule has 1 rings (SSSR count). The van der Waals surface area contributed by atoms with E-state index in [4.69, 9.17) is 34.1 Å². The summed E-state index contributed by atoms with van der Waals surface area (Å²) >= 11 is 0. The Kier molecular flexibility index (Phi) is 39.2. The average molecular weight is 1400 g/mol. The molecule has 1 fully saturated rings. The summed E-state index contributed by atoms with van der Waals surface area (Å²) in [5, 5.41) is 103. The number of primary amides is 2. The fraction of sp³-hybridized carbons (Fsp3) is 0.696. The number of hydrogen-bond acceptors (Lipinski definition) is 24. The highest BCUT2D eigenvalue weighted by atomic mass is 16.4. The van der Waals surface area contributed by atoms with Gasteiger partial charge in [0.15, 0.2) is 12.0 Å². The predicted molar refractivity (Wildman–Crippen MR) is 338 cm³/mol. The van der Waals surface area contributed by atoms with Gasteiger partial charge in [-0.15, -0.1) is 0 Å². The molecule has 1 saturated heterocycles. The summed E-state index contributed by atoms with van der Waals surface area (Å²) in [6, 6.07) is -20.4. The minimum absolute atomic E-state index is 0.00798. The minimum Gasteiger partial charge on any atom is -0.481 e. The first-order valence-corrected chi connectivity index (χ1v) is 31.3. The molecule has 0 aromatic heterocycles. The standard InChI is InChI=1S/C56H97N19O23/c1-25(2)19-32(49(91)71-36(24-78)51(93)74-43(27(4)80)55(97)98)69-50(92)35(23-77)72-52(94)37-11-8-18-75(37)54(96)33(20-39(59)82)70-46(88)29(9-5-6-16-57)66-48(90)31(13-15-41(84)85)68-47(89)30(12-14-38(58)81)67-45(87)28(10-7-17-63-56(61)62)65-40(83)21-64-44(86)34(22-76)73-53(95)42(60)26(3)79/h25-37,42-43,76-80H,5-24,57,60H2,1-4H3,(H2,58,81)(H2,59,82)(H,64,86)(H,65,83)(H,66,90)(H,67,87)(H,68,89)(H,69,92)(H,70,88)(H,71,91)(H,72,94)(H,73,95)(H,74,93)(H,84,85)(H,97,98)(H4,61,62,63)/t26-,27-,28+,29+,30+,31+,32+,33+,34+,35+,36+,37+,42+,43+/m1/s1. The Hall–Kier alpha value is -9.49. The molecule has 1 aliphatic rings. The highest BCUT2D eigenvalue weighted by Gasteiger charge is 2.42. The van der Waals surface area contributed by atoms with Crippen LogP contribution in [0.3, 0.4) is 0 Å². The van der Waals surface area contributed by atoms with Gasteiger partial charge in [-0.2, -0.15) is 0 Å². The number of rotatable bonds is 47. The maximum Gasteiger partial charge on any atom is 0.328 e. The molecule has 0 saturated carbocycles. The lowest BCUT2D eigenvalue weighted by Crippen LogP contribution is -2.61. The summed E-state index contributed by atoms with van der Waals surface area (Å²) in [4.78, 5) is 212. The number of nitrogens with one attached hydrogen (secondary N) is 13. The Bertz CT molecular complexity index is 2800. The van der Waals surface area contributed by atoms with Crippen molar-refractivity contribution in [3.05, 3.63) is 0 Å². The lowest BCUT2D eigenvalue weighted by molar-refractivity contribution is -0.145. The monoisotopic (exact) mass is 1400 g/mol. The van der Waals surface area contributed by atoms with Gasteiger partial charge in [0, 0.05) is 25.9 Å². The van der Waals surface area contributed by atoms with E-state index in [1.807, 2.05) is 5.32 Å². The van der Waals surface area contributed by atoms with Gasteiger partial charge in [0.1, 0.15) is 66.5 Å². The van der Waals surface area contributed by atoms with Crippen LogP contribution in [0.2, 0.25) is 0 Å². The minimum atomic E-state index is -1.88. The third-order valence-corrected chi connectivity index (χ3v) is 14.7. The number of nitrogens with zero attached hydrogens (tertiary/aromatic N) is 1. The number of carboxylic acid groups (broad SMARTS) is 2. The maximum absolute atomic E-state index is 14.4. The van der Waals surface area contributed by atoms with Crippen LogP contribution in [0.5, 0.6) is 0 Å². The Morgan fingerprint density at radius 3 is 1.44 bits per heavy atom. The Labute approximate surface area is 562 Å². The van der Waals surface area contributed by atoms with Crippen LogP contribution in [0, 0.1) is 11.3 Å². The van der Waals surface area contributed by atoms with Crippen molar-refractivity contribution in [2.75, 3.05) is 46.0 Å². The molecule has 42 nitrogen and oxygen atoms in total. The second-order valence-corrected chi connectivity index (χ2v) is 23.4. The second kappa shape index (κ2) is 44.4. The van der Waals surface area contributed by atoms with Crippen LogP contribution in [-0.4, -0.2) is 272 Å². The van der Waals surface area contributed by atoms with E-state index in [2.05, 4.69) is 58.5 Å². The molecule has 0 radical (unpaired) electrons. The molecule has 98 heavy (non-hydrogen) atoms. The van der Waals surface area contributed by atoms with Crippen LogP contribution in [0.4, 0.5) is 0 Å². The Morgan fingerprint density at radius 2 is 0.959 bits per heavy atom. The molecule has 0 aliphatic carbocycles. The summed E-state index contributed by atoms with van der Waals surface area (Å²) in [5.41, 5.74) is 27.5. The summed E-state index contributed by atoms with van der Waals surface area (Å²) in [5.74, 6) is -19.6. The van der Waals surface area contributed by atoms with E-state index >= 15 is 0 Å². The van der Waals surface area contributed by atoms with Crippen LogP contribution >= 0.6 is 0 Å². The van der Waals surface area contributed by atoms with Gasteiger partial charge in [0.25, 0.3) is 0 Å². The van der Waals surface area contributed by atoms with Gasteiger partial charge in [-0.25, -0.2) is 4.79 Å². The number of carbonyl (C=O) groups excluding carboxylic acids is 14. The third-order valence-electron chi connectivity index (χ3n) is 14.7. The first kappa shape index (κ1) is 86.5. The number of carboxylic acids is 2. The molecule has 1 aliphatic heterocycles. The molecule has 1 heterocycles. The molecule has 30 N–H and O–H groups in total. The molecule has 14 atom stereocenters. The number of aliphatic hydroxyl groups is 5. The first-order chi connectivity index (χ1) is 45.9. The molecule has 0 aromatic rings. The van der Waals surface area contributed by atoms with Crippen molar-refractivity contribution in [2.45, 2.75) is 196 Å². The normalized spacial score (nSPS) is 16.6. The summed E-state index contributed by atoms with van der Waals surface area (Å²) in [7, 11) is 0. The van der Waals surface area contributed by atoms with Crippen LogP contribution in [0.15, 0.2) is 0 Å². The van der Waals surface area contributed by atoms with Crippen LogP contribution in [0.25, 0.3) is 0 Å². The molecule has 42 heteroatoms. The number of unbranched alkanes of at least 4 members (excludes halogenated alkanes) is 1. The van der Waals surface area contributed by atoms with Crippen LogP contribution < -0.4 is 92.5 Å². The zero-order valence-electron chi connectivity index (χ0n) is 54.8. The maximum atomic E-state index is 14.4. The first-order valence-electron chi connectivity index (χ1n) is 31.3. The van der Waals surface area contributed by atoms with Crippen molar-refractivity contribution in [2.24, 2.45) is 34.6 Å². The quantitative estimate of drug-likeness (QED) is 0.0153. The van der Waals surface area contributed by atoms with E-state index in [0.717, 1.165) is 11.8 Å². The highest BCUT2D eigenvalue weighted by Crippen LogP contribution is 2.20. The fourth-order valence-corrected chi connectivity index (χ4v) is 9.41. The molecule has 0 bridgehead atoms. The number of guanidine groups is 1. The second-order valence-electron chi connectivity index (χ2n) is 23.4. The fourth-order valence-electron chi connectivity index (χ4n) is 9.41. The number of nitrogens with two attached hydrogens (primary N) is 5. The zero-order valence-corrected chi connectivity index (χ0v) is 54.8. The molecular weight excluding hydrogens is 1310 g/mol. The Morgan fingerprint density at radius 1 is 0.510 bits per heavy atom. The smallest absolute Gasteiger partial charge is 0.328 e.